The fourth-order valence-corrected chi connectivity index (χ4v) is 5.14. The maximum atomic E-state index is 13.2. The van der Waals surface area contributed by atoms with Gasteiger partial charge in [-0.2, -0.15) is 0 Å². The molecule has 1 amide bonds. The Kier molecular flexibility index (Phi) is 6.26. The molecule has 0 atom stereocenters. The Bertz CT molecular complexity index is 1530. The number of para-hydroxylation sites is 4. The molecule has 0 unspecified atom stereocenters. The number of methoxy groups -OCH3 is 1. The Hall–Kier alpha value is -4.26. The molecule has 3 heterocycles. The molecule has 6 rings (SSSR count). The van der Waals surface area contributed by atoms with Gasteiger partial charge in [-0.15, -0.1) is 0 Å². The van der Waals surface area contributed by atoms with E-state index in [1.807, 2.05) is 77.7 Å². The highest BCUT2D eigenvalue weighted by molar-refractivity contribution is 5.97. The summed E-state index contributed by atoms with van der Waals surface area (Å²) in [5.41, 5.74) is 2.70. The van der Waals surface area contributed by atoms with Crippen LogP contribution in [0.5, 0.6) is 11.5 Å². The predicted octanol–water partition coefficient (Wildman–Crippen LogP) is 5.92. The molecule has 1 aliphatic heterocycles. The van der Waals surface area contributed by atoms with Crippen LogP contribution in [0.25, 0.3) is 22.0 Å². The first kappa shape index (κ1) is 23.2. The number of hydrogen-bond donors (Lipinski definition) is 0. The van der Waals surface area contributed by atoms with Crippen molar-refractivity contribution in [2.75, 3.05) is 20.2 Å². The quantitative estimate of drug-likeness (QED) is 0.280. The van der Waals surface area contributed by atoms with Gasteiger partial charge in [0, 0.05) is 25.0 Å². The molecule has 7 heteroatoms. The van der Waals surface area contributed by atoms with Crippen molar-refractivity contribution in [1.29, 1.82) is 0 Å². The van der Waals surface area contributed by atoms with E-state index in [1.165, 1.54) is 0 Å². The molecule has 1 saturated heterocycles. The Labute approximate surface area is 215 Å². The number of likely N-dealkylation sites (tertiary alicyclic amines) is 1. The molecular formula is C30H29N3O4. The van der Waals surface area contributed by atoms with E-state index in [0.29, 0.717) is 42.7 Å². The lowest BCUT2D eigenvalue weighted by Gasteiger charge is -2.32. The molecule has 0 N–H and O–H groups in total. The van der Waals surface area contributed by atoms with Gasteiger partial charge in [0.25, 0.3) is 5.91 Å². The van der Waals surface area contributed by atoms with Crippen LogP contribution in [-0.2, 0) is 13.2 Å². The maximum absolute atomic E-state index is 13.2. The van der Waals surface area contributed by atoms with Gasteiger partial charge >= 0.3 is 0 Å². The zero-order valence-electron chi connectivity index (χ0n) is 20.8. The summed E-state index contributed by atoms with van der Waals surface area (Å²) >= 11 is 0. The molecule has 2 aromatic heterocycles. The molecule has 3 aromatic carbocycles. The summed E-state index contributed by atoms with van der Waals surface area (Å²) in [6.45, 7) is 2.64. The van der Waals surface area contributed by atoms with Gasteiger partial charge in [-0.05, 0) is 55.2 Å². The third kappa shape index (κ3) is 4.65. The van der Waals surface area contributed by atoms with Gasteiger partial charge < -0.3 is 23.4 Å². The number of benzene rings is 3. The summed E-state index contributed by atoms with van der Waals surface area (Å²) in [4.78, 5) is 20.0. The first-order valence-electron chi connectivity index (χ1n) is 12.7. The standard InChI is InChI=1S/C30H29N3O4/c1-35-26-13-7-8-22-18-27(37-29(22)26)30(34)32-16-14-21(15-17-32)19-33-25-12-6-5-11-24(25)31-28(33)20-36-23-9-3-2-4-10-23/h2-13,18,21H,14-17,19-20H2,1H3. The van der Waals surface area contributed by atoms with Crippen molar-refractivity contribution in [2.24, 2.45) is 5.92 Å². The lowest BCUT2D eigenvalue weighted by atomic mass is 9.96. The topological polar surface area (TPSA) is 69.7 Å². The molecule has 7 nitrogen and oxygen atoms in total. The third-order valence-corrected chi connectivity index (χ3v) is 7.13. The first-order valence-corrected chi connectivity index (χ1v) is 12.7. The molecule has 0 radical (unpaired) electrons. The second-order valence-electron chi connectivity index (χ2n) is 9.45. The summed E-state index contributed by atoms with van der Waals surface area (Å²) in [5, 5.41) is 0.870. The molecule has 0 spiro atoms. The van der Waals surface area contributed by atoms with Gasteiger partial charge in [0.05, 0.1) is 18.1 Å². The number of carbonyl (C=O) groups is 1. The van der Waals surface area contributed by atoms with E-state index in [9.17, 15) is 4.79 Å². The molecule has 1 aliphatic rings. The van der Waals surface area contributed by atoms with Crippen LogP contribution in [0, 0.1) is 5.92 Å². The van der Waals surface area contributed by atoms with Crippen molar-refractivity contribution in [3.8, 4) is 11.5 Å². The maximum Gasteiger partial charge on any atom is 0.289 e. The lowest BCUT2D eigenvalue weighted by Crippen LogP contribution is -2.39. The molecule has 1 fully saturated rings. The van der Waals surface area contributed by atoms with Gasteiger partial charge in [0.15, 0.2) is 17.1 Å². The molecule has 0 aliphatic carbocycles. The molecule has 5 aromatic rings. The molecule has 37 heavy (non-hydrogen) atoms. The molecular weight excluding hydrogens is 466 g/mol. The Morgan fingerprint density at radius 1 is 1.00 bits per heavy atom. The number of rotatable bonds is 7. The van der Waals surface area contributed by atoms with Crippen LogP contribution >= 0.6 is 0 Å². The van der Waals surface area contributed by atoms with E-state index >= 15 is 0 Å². The number of amides is 1. The Balaban J connectivity index is 1.14. The summed E-state index contributed by atoms with van der Waals surface area (Å²) in [6, 6.07) is 25.5. The second-order valence-corrected chi connectivity index (χ2v) is 9.45. The zero-order chi connectivity index (χ0) is 25.2. The highest BCUT2D eigenvalue weighted by Crippen LogP contribution is 2.30. The fourth-order valence-electron chi connectivity index (χ4n) is 5.14. The number of hydrogen-bond acceptors (Lipinski definition) is 5. The van der Waals surface area contributed by atoms with E-state index in [1.54, 1.807) is 7.11 Å². The van der Waals surface area contributed by atoms with Crippen molar-refractivity contribution in [1.82, 2.24) is 14.5 Å². The van der Waals surface area contributed by atoms with E-state index in [4.69, 9.17) is 18.9 Å². The summed E-state index contributed by atoms with van der Waals surface area (Å²) in [5.74, 6) is 3.11. The van der Waals surface area contributed by atoms with E-state index in [-0.39, 0.29) is 5.91 Å². The first-order chi connectivity index (χ1) is 18.2. The largest absolute Gasteiger partial charge is 0.493 e. The van der Waals surface area contributed by atoms with Crippen molar-refractivity contribution in [3.63, 3.8) is 0 Å². The van der Waals surface area contributed by atoms with Crippen LogP contribution in [0.3, 0.4) is 0 Å². The average molecular weight is 496 g/mol. The number of carbonyl (C=O) groups excluding carboxylic acids is 1. The number of fused-ring (bicyclic) bond motifs is 2. The van der Waals surface area contributed by atoms with Crippen LogP contribution in [-0.4, -0.2) is 40.6 Å². The molecule has 188 valence electrons. The normalized spacial score (nSPS) is 14.4. The van der Waals surface area contributed by atoms with Crippen LogP contribution in [0.15, 0.2) is 83.3 Å². The highest BCUT2D eigenvalue weighted by Gasteiger charge is 2.27. The minimum absolute atomic E-state index is 0.0678. The third-order valence-electron chi connectivity index (χ3n) is 7.13. The fraction of sp³-hybridized carbons (Fsp3) is 0.267. The average Bonchev–Trinajstić information content (AvgIpc) is 3.54. The number of imidazole rings is 1. The monoisotopic (exact) mass is 495 g/mol. The van der Waals surface area contributed by atoms with Crippen molar-refractivity contribution < 1.29 is 18.7 Å². The van der Waals surface area contributed by atoms with Crippen molar-refractivity contribution >= 4 is 27.9 Å². The van der Waals surface area contributed by atoms with Crippen LogP contribution in [0.2, 0.25) is 0 Å². The minimum atomic E-state index is -0.0678. The summed E-state index contributed by atoms with van der Waals surface area (Å²) < 4.78 is 19.6. The van der Waals surface area contributed by atoms with Gasteiger partial charge in [-0.1, -0.05) is 42.5 Å². The summed E-state index contributed by atoms with van der Waals surface area (Å²) in [6.07, 6.45) is 1.83. The highest BCUT2D eigenvalue weighted by atomic mass is 16.5. The van der Waals surface area contributed by atoms with Gasteiger partial charge in [-0.3, -0.25) is 4.79 Å². The molecule has 0 bridgehead atoms. The predicted molar refractivity (Wildman–Crippen MR) is 142 cm³/mol. The van der Waals surface area contributed by atoms with Gasteiger partial charge in [0.1, 0.15) is 18.2 Å². The van der Waals surface area contributed by atoms with E-state index in [2.05, 4.69) is 10.6 Å². The van der Waals surface area contributed by atoms with Crippen LogP contribution in [0.4, 0.5) is 0 Å². The SMILES string of the molecule is COc1cccc2cc(C(=O)N3CCC(Cn4c(COc5ccccc5)nc5ccccc54)CC3)oc12. The van der Waals surface area contributed by atoms with Crippen molar-refractivity contribution in [3.05, 3.63) is 90.4 Å². The van der Waals surface area contributed by atoms with E-state index < -0.39 is 0 Å². The van der Waals surface area contributed by atoms with Gasteiger partial charge in [-0.25, -0.2) is 4.98 Å². The van der Waals surface area contributed by atoms with Gasteiger partial charge in [0.2, 0.25) is 0 Å². The number of furan rings is 1. The lowest BCUT2D eigenvalue weighted by molar-refractivity contribution is 0.0653. The number of ether oxygens (including phenoxy) is 2. The Morgan fingerprint density at radius 2 is 1.78 bits per heavy atom. The van der Waals surface area contributed by atoms with Crippen LogP contribution < -0.4 is 9.47 Å². The van der Waals surface area contributed by atoms with E-state index in [0.717, 1.165) is 47.4 Å². The Morgan fingerprint density at radius 3 is 2.59 bits per heavy atom. The molecule has 0 saturated carbocycles. The minimum Gasteiger partial charge on any atom is -0.493 e. The second kappa shape index (κ2) is 10.0. The van der Waals surface area contributed by atoms with Crippen LogP contribution in [0.1, 0.15) is 29.2 Å². The number of nitrogens with zero attached hydrogens (tertiary/aromatic N) is 3. The summed E-state index contributed by atoms with van der Waals surface area (Å²) in [7, 11) is 1.60. The zero-order valence-corrected chi connectivity index (χ0v) is 20.8. The number of aromatic nitrogens is 2. The smallest absolute Gasteiger partial charge is 0.289 e. The number of piperidine rings is 1. The van der Waals surface area contributed by atoms with Crippen molar-refractivity contribution in [2.45, 2.75) is 26.0 Å².